The highest BCUT2D eigenvalue weighted by Crippen LogP contribution is 2.33. The molecule has 0 radical (unpaired) electrons. The topological polar surface area (TPSA) is 20.3 Å². The molecular weight excluding hydrogens is 284 g/mol. The summed E-state index contributed by atoms with van der Waals surface area (Å²) in [6.45, 7) is 0.618. The average molecular weight is 301 g/mol. The van der Waals surface area contributed by atoms with Crippen molar-refractivity contribution in [2.24, 2.45) is 0 Å². The van der Waals surface area contributed by atoms with Gasteiger partial charge in [-0.3, -0.25) is 4.79 Å². The number of nitrogens with zero attached hydrogens (tertiary/aromatic N) is 1. The quantitative estimate of drug-likeness (QED) is 0.842. The van der Waals surface area contributed by atoms with Crippen molar-refractivity contribution in [3.63, 3.8) is 0 Å². The van der Waals surface area contributed by atoms with Gasteiger partial charge in [0.15, 0.2) is 0 Å². The maximum atomic E-state index is 14.0. The average Bonchev–Trinajstić information content (AvgIpc) is 2.97. The molecule has 2 aromatic carbocycles. The molecule has 2 aromatic rings. The van der Waals surface area contributed by atoms with E-state index in [1.165, 1.54) is 18.2 Å². The SMILES string of the molecule is O=C(Cc1cccc(F)c1)N1CCC[C@H]1c1ccccc1F. The molecule has 1 saturated heterocycles. The summed E-state index contributed by atoms with van der Waals surface area (Å²) in [5, 5.41) is 0. The van der Waals surface area contributed by atoms with Gasteiger partial charge in [-0.05, 0) is 36.6 Å². The van der Waals surface area contributed by atoms with Crippen molar-refractivity contribution in [1.82, 2.24) is 4.90 Å². The van der Waals surface area contributed by atoms with Crippen LogP contribution in [-0.4, -0.2) is 17.4 Å². The largest absolute Gasteiger partial charge is 0.335 e. The molecule has 0 aliphatic carbocycles. The Labute approximate surface area is 128 Å². The molecule has 1 heterocycles. The lowest BCUT2D eigenvalue weighted by Gasteiger charge is -2.25. The molecule has 1 fully saturated rings. The third kappa shape index (κ3) is 3.01. The molecule has 3 rings (SSSR count). The van der Waals surface area contributed by atoms with Gasteiger partial charge in [-0.2, -0.15) is 0 Å². The Morgan fingerprint density at radius 2 is 1.95 bits per heavy atom. The van der Waals surface area contributed by atoms with Crippen LogP contribution in [0.1, 0.15) is 30.0 Å². The molecular formula is C18H17F2NO. The molecule has 114 valence electrons. The van der Waals surface area contributed by atoms with E-state index in [9.17, 15) is 13.6 Å². The first kappa shape index (κ1) is 14.7. The van der Waals surface area contributed by atoms with Crippen LogP contribution in [0.3, 0.4) is 0 Å². The van der Waals surface area contributed by atoms with Crippen LogP contribution in [0.4, 0.5) is 8.78 Å². The smallest absolute Gasteiger partial charge is 0.227 e. The molecule has 4 heteroatoms. The number of likely N-dealkylation sites (tertiary alicyclic amines) is 1. The van der Waals surface area contributed by atoms with Crippen molar-refractivity contribution in [2.45, 2.75) is 25.3 Å². The Balaban J connectivity index is 1.78. The Morgan fingerprint density at radius 3 is 2.73 bits per heavy atom. The molecule has 0 bridgehead atoms. The van der Waals surface area contributed by atoms with E-state index in [2.05, 4.69) is 0 Å². The highest BCUT2D eigenvalue weighted by atomic mass is 19.1. The second-order valence-electron chi connectivity index (χ2n) is 5.57. The first-order valence-corrected chi connectivity index (χ1v) is 7.43. The lowest BCUT2D eigenvalue weighted by Crippen LogP contribution is -2.32. The number of halogens is 2. The van der Waals surface area contributed by atoms with Gasteiger partial charge in [-0.1, -0.05) is 30.3 Å². The Kier molecular flexibility index (Phi) is 4.18. The zero-order valence-electron chi connectivity index (χ0n) is 12.1. The number of rotatable bonds is 3. The van der Waals surface area contributed by atoms with Crippen LogP contribution in [0.15, 0.2) is 48.5 Å². The van der Waals surface area contributed by atoms with Crippen LogP contribution >= 0.6 is 0 Å². The molecule has 0 aromatic heterocycles. The van der Waals surface area contributed by atoms with Crippen molar-refractivity contribution in [3.8, 4) is 0 Å². The molecule has 1 aliphatic heterocycles. The summed E-state index contributed by atoms with van der Waals surface area (Å²) in [4.78, 5) is 14.2. The van der Waals surface area contributed by atoms with Gasteiger partial charge < -0.3 is 4.90 Å². The Bertz CT molecular complexity index is 686. The van der Waals surface area contributed by atoms with E-state index in [-0.39, 0.29) is 30.0 Å². The first-order chi connectivity index (χ1) is 10.6. The third-order valence-corrected chi connectivity index (χ3v) is 4.08. The second-order valence-corrected chi connectivity index (χ2v) is 5.57. The van der Waals surface area contributed by atoms with E-state index in [1.807, 2.05) is 0 Å². The molecule has 0 saturated carbocycles. The van der Waals surface area contributed by atoms with Crippen LogP contribution in [0.5, 0.6) is 0 Å². The number of carbonyl (C=O) groups is 1. The van der Waals surface area contributed by atoms with Gasteiger partial charge in [-0.25, -0.2) is 8.78 Å². The van der Waals surface area contributed by atoms with E-state index >= 15 is 0 Å². The fourth-order valence-electron chi connectivity index (χ4n) is 3.06. The zero-order valence-corrected chi connectivity index (χ0v) is 12.1. The van der Waals surface area contributed by atoms with Crippen molar-refractivity contribution in [2.75, 3.05) is 6.54 Å². The maximum absolute atomic E-state index is 14.0. The van der Waals surface area contributed by atoms with Crippen molar-refractivity contribution in [3.05, 3.63) is 71.3 Å². The maximum Gasteiger partial charge on any atom is 0.227 e. The molecule has 1 aliphatic rings. The monoisotopic (exact) mass is 301 g/mol. The predicted octanol–water partition coefficient (Wildman–Crippen LogP) is 3.87. The molecule has 0 spiro atoms. The molecule has 0 unspecified atom stereocenters. The summed E-state index contributed by atoms with van der Waals surface area (Å²) in [6.07, 6.45) is 1.76. The van der Waals surface area contributed by atoms with E-state index in [0.717, 1.165) is 12.8 Å². The minimum Gasteiger partial charge on any atom is -0.335 e. The molecule has 0 N–H and O–H groups in total. The third-order valence-electron chi connectivity index (χ3n) is 4.08. The normalized spacial score (nSPS) is 17.7. The highest BCUT2D eigenvalue weighted by molar-refractivity contribution is 5.79. The van der Waals surface area contributed by atoms with Crippen LogP contribution in [0, 0.1) is 11.6 Å². The molecule has 1 amide bonds. The summed E-state index contributed by atoms with van der Waals surface area (Å²) in [6, 6.07) is 12.4. The Hall–Kier alpha value is -2.23. The Morgan fingerprint density at radius 1 is 1.14 bits per heavy atom. The fraction of sp³-hybridized carbons (Fsp3) is 0.278. The number of hydrogen-bond donors (Lipinski definition) is 0. The van der Waals surface area contributed by atoms with E-state index in [0.29, 0.717) is 17.7 Å². The first-order valence-electron chi connectivity index (χ1n) is 7.43. The van der Waals surface area contributed by atoms with E-state index in [4.69, 9.17) is 0 Å². The number of amides is 1. The van der Waals surface area contributed by atoms with Gasteiger partial charge in [0.1, 0.15) is 11.6 Å². The predicted molar refractivity (Wildman–Crippen MR) is 80.2 cm³/mol. The minimum absolute atomic E-state index is 0.0867. The summed E-state index contributed by atoms with van der Waals surface area (Å²) in [5.41, 5.74) is 1.21. The van der Waals surface area contributed by atoms with Gasteiger partial charge >= 0.3 is 0 Å². The highest BCUT2D eigenvalue weighted by Gasteiger charge is 2.31. The van der Waals surface area contributed by atoms with Crippen LogP contribution in [-0.2, 0) is 11.2 Å². The second kappa shape index (κ2) is 6.26. The number of hydrogen-bond acceptors (Lipinski definition) is 1. The van der Waals surface area contributed by atoms with Gasteiger partial charge in [0.25, 0.3) is 0 Å². The molecule has 1 atom stereocenters. The van der Waals surface area contributed by atoms with Gasteiger partial charge in [0, 0.05) is 12.1 Å². The fourth-order valence-corrected chi connectivity index (χ4v) is 3.06. The number of carbonyl (C=O) groups excluding carboxylic acids is 1. The van der Waals surface area contributed by atoms with Crippen molar-refractivity contribution in [1.29, 1.82) is 0 Å². The van der Waals surface area contributed by atoms with Crippen molar-refractivity contribution < 1.29 is 13.6 Å². The van der Waals surface area contributed by atoms with E-state index < -0.39 is 0 Å². The zero-order chi connectivity index (χ0) is 15.5. The summed E-state index contributed by atoms with van der Waals surface area (Å²) < 4.78 is 27.2. The number of benzene rings is 2. The lowest BCUT2D eigenvalue weighted by molar-refractivity contribution is -0.131. The van der Waals surface area contributed by atoms with E-state index in [1.54, 1.807) is 35.2 Å². The minimum atomic E-state index is -0.350. The summed E-state index contributed by atoms with van der Waals surface area (Å²) in [5.74, 6) is -0.716. The van der Waals surface area contributed by atoms with Crippen LogP contribution < -0.4 is 0 Å². The van der Waals surface area contributed by atoms with Gasteiger partial charge in [0.05, 0.1) is 12.5 Å². The summed E-state index contributed by atoms with van der Waals surface area (Å²) in [7, 11) is 0. The standard InChI is InChI=1S/C18H17F2NO/c19-14-6-3-5-13(11-14)12-18(22)21-10-4-9-17(21)15-7-1-2-8-16(15)20/h1-3,5-8,11,17H,4,9-10,12H2/t17-/m0/s1. The lowest BCUT2D eigenvalue weighted by atomic mass is 10.0. The van der Waals surface area contributed by atoms with Gasteiger partial charge in [-0.15, -0.1) is 0 Å². The van der Waals surface area contributed by atoms with Crippen LogP contribution in [0.2, 0.25) is 0 Å². The summed E-state index contributed by atoms with van der Waals surface area (Å²) >= 11 is 0. The van der Waals surface area contributed by atoms with Gasteiger partial charge in [0.2, 0.25) is 5.91 Å². The molecule has 22 heavy (non-hydrogen) atoms. The van der Waals surface area contributed by atoms with Crippen LogP contribution in [0.25, 0.3) is 0 Å². The molecule has 2 nitrogen and oxygen atoms in total. The van der Waals surface area contributed by atoms with Crippen molar-refractivity contribution >= 4 is 5.91 Å².